The molecule has 0 aromatic heterocycles. The summed E-state index contributed by atoms with van der Waals surface area (Å²) in [4.78, 5) is 21.6. The van der Waals surface area contributed by atoms with Crippen molar-refractivity contribution >= 4 is 11.6 Å². The molecule has 2 N–H and O–H groups in total. The highest BCUT2D eigenvalue weighted by Gasteiger charge is 2.33. The second kappa shape index (κ2) is 7.02. The number of hydrogen-bond donors (Lipinski definition) is 2. The first-order valence-corrected chi connectivity index (χ1v) is 6.12. The van der Waals surface area contributed by atoms with Gasteiger partial charge < -0.3 is 10.6 Å². The van der Waals surface area contributed by atoms with Gasteiger partial charge in [0.05, 0.1) is 10.5 Å². The molecule has 21 heavy (non-hydrogen) atoms. The lowest BCUT2D eigenvalue weighted by molar-refractivity contribution is -0.385. The van der Waals surface area contributed by atoms with Crippen LogP contribution in [0.3, 0.4) is 0 Å². The van der Waals surface area contributed by atoms with Crippen molar-refractivity contribution in [2.24, 2.45) is 0 Å². The fourth-order valence-electron chi connectivity index (χ4n) is 1.59. The molecule has 1 aromatic rings. The summed E-state index contributed by atoms with van der Waals surface area (Å²) < 4.78 is 37.6. The Labute approximate surface area is 118 Å². The number of likely N-dealkylation sites (N-methyl/N-ethyl adjacent to an activating group) is 1. The van der Waals surface area contributed by atoms with Crippen LogP contribution in [0.15, 0.2) is 18.2 Å². The molecular weight excluding hydrogens is 291 g/mol. The summed E-state index contributed by atoms with van der Waals surface area (Å²) in [7, 11) is 0. The Kier molecular flexibility index (Phi) is 5.65. The first kappa shape index (κ1) is 16.9. The van der Waals surface area contributed by atoms with Crippen molar-refractivity contribution in [3.8, 4) is 0 Å². The highest BCUT2D eigenvalue weighted by molar-refractivity contribution is 5.98. The molecule has 1 amide bonds. The lowest BCUT2D eigenvalue weighted by Crippen LogP contribution is -2.32. The summed E-state index contributed by atoms with van der Waals surface area (Å²) in [5.41, 5.74) is -2.44. The third-order valence-corrected chi connectivity index (χ3v) is 2.60. The first-order valence-electron chi connectivity index (χ1n) is 6.12. The number of nitro benzene ring substituents is 1. The Morgan fingerprint density at radius 2 is 2.00 bits per heavy atom. The monoisotopic (exact) mass is 305 g/mol. The lowest BCUT2D eigenvalue weighted by atomic mass is 10.1. The molecular formula is C12H14F3N3O3. The van der Waals surface area contributed by atoms with Gasteiger partial charge in [0.25, 0.3) is 11.6 Å². The lowest BCUT2D eigenvalue weighted by Gasteiger charge is -2.09. The summed E-state index contributed by atoms with van der Waals surface area (Å²) in [6, 6.07) is 1.81. The van der Waals surface area contributed by atoms with E-state index in [1.165, 1.54) is 0 Å². The predicted octanol–water partition coefficient (Wildman–Crippen LogP) is 1.95. The highest BCUT2D eigenvalue weighted by Crippen LogP contribution is 2.32. The number of nitrogens with one attached hydrogen (secondary N) is 2. The van der Waals surface area contributed by atoms with E-state index in [2.05, 4.69) is 10.6 Å². The van der Waals surface area contributed by atoms with Crippen LogP contribution in [-0.2, 0) is 6.18 Å². The Balaban J connectivity index is 2.96. The van der Waals surface area contributed by atoms with Gasteiger partial charge >= 0.3 is 6.18 Å². The van der Waals surface area contributed by atoms with Crippen LogP contribution in [0.4, 0.5) is 18.9 Å². The predicted molar refractivity (Wildman–Crippen MR) is 69.0 cm³/mol. The quantitative estimate of drug-likeness (QED) is 0.478. The molecule has 0 aliphatic heterocycles. The number of nitro groups is 1. The molecule has 0 radical (unpaired) electrons. The molecule has 0 aliphatic rings. The van der Waals surface area contributed by atoms with Crippen molar-refractivity contribution in [2.75, 3.05) is 19.6 Å². The highest BCUT2D eigenvalue weighted by atomic mass is 19.4. The Morgan fingerprint density at radius 3 is 2.52 bits per heavy atom. The molecule has 116 valence electrons. The van der Waals surface area contributed by atoms with E-state index in [9.17, 15) is 28.1 Å². The second-order valence-electron chi connectivity index (χ2n) is 4.10. The third-order valence-electron chi connectivity index (χ3n) is 2.60. The maximum absolute atomic E-state index is 12.5. The molecule has 0 fully saturated rings. The molecule has 0 heterocycles. The number of benzene rings is 1. The molecule has 1 aromatic carbocycles. The molecule has 0 saturated carbocycles. The van der Waals surface area contributed by atoms with E-state index in [1.54, 1.807) is 0 Å². The van der Waals surface area contributed by atoms with Crippen LogP contribution in [0.25, 0.3) is 0 Å². The maximum atomic E-state index is 12.5. The zero-order chi connectivity index (χ0) is 16.0. The van der Waals surface area contributed by atoms with Crippen LogP contribution < -0.4 is 10.6 Å². The van der Waals surface area contributed by atoms with Gasteiger partial charge in [0.15, 0.2) is 0 Å². The average molecular weight is 305 g/mol. The normalized spacial score (nSPS) is 11.2. The minimum atomic E-state index is -4.70. The molecule has 6 nitrogen and oxygen atoms in total. The first-order chi connectivity index (χ1) is 9.77. The van der Waals surface area contributed by atoms with Crippen molar-refractivity contribution in [1.29, 1.82) is 0 Å². The largest absolute Gasteiger partial charge is 0.416 e. The van der Waals surface area contributed by atoms with Crippen LogP contribution >= 0.6 is 0 Å². The van der Waals surface area contributed by atoms with Crippen molar-refractivity contribution < 1.29 is 22.9 Å². The Bertz CT molecular complexity index is 532. The number of alkyl halides is 3. The summed E-state index contributed by atoms with van der Waals surface area (Å²) in [5.74, 6) is -0.784. The minimum Gasteiger partial charge on any atom is -0.351 e. The average Bonchev–Trinajstić information content (AvgIpc) is 2.41. The SMILES string of the molecule is CCNCCNC(=O)c1ccc(C(F)(F)F)cc1[N+](=O)[O-]. The fraction of sp³-hybridized carbons (Fsp3) is 0.417. The molecule has 0 spiro atoms. The zero-order valence-corrected chi connectivity index (χ0v) is 11.2. The molecule has 0 bridgehead atoms. The van der Waals surface area contributed by atoms with E-state index in [-0.39, 0.29) is 6.54 Å². The van der Waals surface area contributed by atoms with Crippen LogP contribution in [0.1, 0.15) is 22.8 Å². The molecule has 0 unspecified atom stereocenters. The summed E-state index contributed by atoms with van der Waals surface area (Å²) in [6.07, 6.45) is -4.70. The van der Waals surface area contributed by atoms with E-state index in [1.807, 2.05) is 6.92 Å². The van der Waals surface area contributed by atoms with Gasteiger partial charge in [-0.2, -0.15) is 13.2 Å². The summed E-state index contributed by atoms with van der Waals surface area (Å²) >= 11 is 0. The Hall–Kier alpha value is -2.16. The molecule has 0 saturated heterocycles. The summed E-state index contributed by atoms with van der Waals surface area (Å²) in [6.45, 7) is 3.22. The Morgan fingerprint density at radius 1 is 1.33 bits per heavy atom. The van der Waals surface area contributed by atoms with Gasteiger partial charge in [0.2, 0.25) is 0 Å². The number of nitrogens with zero attached hydrogens (tertiary/aromatic N) is 1. The smallest absolute Gasteiger partial charge is 0.351 e. The summed E-state index contributed by atoms with van der Waals surface area (Å²) in [5, 5.41) is 16.2. The van der Waals surface area contributed by atoms with Gasteiger partial charge in [-0.3, -0.25) is 14.9 Å². The topological polar surface area (TPSA) is 84.3 Å². The van der Waals surface area contributed by atoms with Crippen molar-refractivity contribution in [3.05, 3.63) is 39.4 Å². The number of rotatable bonds is 6. The molecule has 0 atom stereocenters. The van der Waals surface area contributed by atoms with Crippen molar-refractivity contribution in [1.82, 2.24) is 10.6 Å². The molecule has 0 aliphatic carbocycles. The van der Waals surface area contributed by atoms with Crippen molar-refractivity contribution in [3.63, 3.8) is 0 Å². The molecule has 9 heteroatoms. The third kappa shape index (κ3) is 4.71. The van der Waals surface area contributed by atoms with Gasteiger partial charge in [-0.1, -0.05) is 6.92 Å². The van der Waals surface area contributed by atoms with Crippen LogP contribution in [0.5, 0.6) is 0 Å². The number of hydrogen-bond acceptors (Lipinski definition) is 4. The van der Waals surface area contributed by atoms with Gasteiger partial charge in [0.1, 0.15) is 5.56 Å². The number of amides is 1. The standard InChI is InChI=1S/C12H14F3N3O3/c1-2-16-5-6-17-11(19)9-4-3-8(12(13,14)15)7-10(9)18(20)21/h3-4,7,16H,2,5-6H2,1H3,(H,17,19). The number of carbonyl (C=O) groups excluding carboxylic acids is 1. The van der Waals surface area contributed by atoms with E-state index >= 15 is 0 Å². The van der Waals surface area contributed by atoms with Crippen LogP contribution in [0.2, 0.25) is 0 Å². The van der Waals surface area contributed by atoms with E-state index in [0.29, 0.717) is 25.2 Å². The number of carbonyl (C=O) groups is 1. The van der Waals surface area contributed by atoms with E-state index in [0.717, 1.165) is 6.07 Å². The molecule has 1 rings (SSSR count). The van der Waals surface area contributed by atoms with E-state index in [4.69, 9.17) is 0 Å². The van der Waals surface area contributed by atoms with Gasteiger partial charge in [0, 0.05) is 19.2 Å². The second-order valence-corrected chi connectivity index (χ2v) is 4.10. The van der Waals surface area contributed by atoms with Crippen LogP contribution in [-0.4, -0.2) is 30.5 Å². The fourth-order valence-corrected chi connectivity index (χ4v) is 1.59. The van der Waals surface area contributed by atoms with Gasteiger partial charge in [-0.05, 0) is 18.7 Å². The maximum Gasteiger partial charge on any atom is 0.416 e. The van der Waals surface area contributed by atoms with Crippen LogP contribution in [0, 0.1) is 10.1 Å². The zero-order valence-electron chi connectivity index (χ0n) is 11.2. The number of halogens is 3. The van der Waals surface area contributed by atoms with Gasteiger partial charge in [-0.15, -0.1) is 0 Å². The van der Waals surface area contributed by atoms with Gasteiger partial charge in [-0.25, -0.2) is 0 Å². The minimum absolute atomic E-state index is 0.213. The van der Waals surface area contributed by atoms with E-state index < -0.39 is 33.8 Å². The van der Waals surface area contributed by atoms with Crippen molar-refractivity contribution in [2.45, 2.75) is 13.1 Å².